The van der Waals surface area contributed by atoms with E-state index in [4.69, 9.17) is 0 Å². The summed E-state index contributed by atoms with van der Waals surface area (Å²) in [6, 6.07) is 13.6. The van der Waals surface area contributed by atoms with E-state index in [1.807, 2.05) is 11.3 Å². The Hall–Kier alpha value is -0.640. The van der Waals surface area contributed by atoms with Gasteiger partial charge in [0.2, 0.25) is 0 Å². The molecular weight excluding hydrogens is 342 g/mol. The molecule has 2 rings (SSSR count). The summed E-state index contributed by atoms with van der Waals surface area (Å²) < 4.78 is 1.23. The summed E-state index contributed by atoms with van der Waals surface area (Å²) >= 11 is 5.56. The number of halogens is 1. The van der Waals surface area contributed by atoms with Crippen molar-refractivity contribution in [3.8, 4) is 0 Å². The zero-order chi connectivity index (χ0) is 15.2. The zero-order valence-electron chi connectivity index (χ0n) is 13.0. The summed E-state index contributed by atoms with van der Waals surface area (Å²) in [6.07, 6.45) is 2.30. The molecule has 21 heavy (non-hydrogen) atoms. The Morgan fingerprint density at radius 3 is 2.43 bits per heavy atom. The minimum Gasteiger partial charge on any atom is -0.309 e. The number of thiophene rings is 1. The maximum Gasteiger partial charge on any atom is 0.0484 e. The molecule has 1 aromatic carbocycles. The summed E-state index contributed by atoms with van der Waals surface area (Å²) in [6.45, 7) is 7.75. The molecule has 1 heterocycles. The number of hydrogen-bond donors (Lipinski definition) is 1. The van der Waals surface area contributed by atoms with E-state index >= 15 is 0 Å². The van der Waals surface area contributed by atoms with Crippen LogP contribution in [0.15, 0.2) is 40.9 Å². The van der Waals surface area contributed by atoms with Crippen LogP contribution < -0.4 is 5.32 Å². The van der Waals surface area contributed by atoms with E-state index in [1.54, 1.807) is 0 Å². The highest BCUT2D eigenvalue weighted by Crippen LogP contribution is 2.39. The van der Waals surface area contributed by atoms with E-state index in [0.29, 0.717) is 12.0 Å². The van der Waals surface area contributed by atoms with Gasteiger partial charge >= 0.3 is 0 Å². The van der Waals surface area contributed by atoms with Gasteiger partial charge in [-0.25, -0.2) is 0 Å². The molecule has 3 heteroatoms. The van der Waals surface area contributed by atoms with Crippen LogP contribution in [0.5, 0.6) is 0 Å². The Morgan fingerprint density at radius 2 is 1.90 bits per heavy atom. The molecule has 0 spiro atoms. The average Bonchev–Trinajstić information content (AvgIpc) is 2.83. The molecule has 0 radical (unpaired) electrons. The first kappa shape index (κ1) is 16.7. The van der Waals surface area contributed by atoms with Gasteiger partial charge in [-0.2, -0.15) is 0 Å². The van der Waals surface area contributed by atoms with Crippen molar-refractivity contribution in [1.29, 1.82) is 0 Å². The molecule has 0 bridgehead atoms. The first-order valence-electron chi connectivity index (χ1n) is 7.71. The maximum absolute atomic E-state index is 3.77. The first-order chi connectivity index (χ1) is 10.2. The molecule has 1 nitrogen and oxygen atoms in total. The van der Waals surface area contributed by atoms with E-state index in [-0.39, 0.29) is 0 Å². The van der Waals surface area contributed by atoms with Gasteiger partial charge < -0.3 is 5.32 Å². The molecule has 0 saturated carbocycles. The lowest BCUT2D eigenvalue weighted by Gasteiger charge is -2.27. The van der Waals surface area contributed by atoms with Gasteiger partial charge in [-0.15, -0.1) is 11.3 Å². The van der Waals surface area contributed by atoms with Crippen LogP contribution in [-0.2, 0) is 0 Å². The Labute approximate surface area is 140 Å². The molecule has 1 N–H and O–H groups in total. The third-order valence-corrected chi connectivity index (χ3v) is 6.09. The highest BCUT2D eigenvalue weighted by molar-refractivity contribution is 9.10. The van der Waals surface area contributed by atoms with E-state index in [2.05, 4.69) is 78.4 Å². The Morgan fingerprint density at radius 1 is 1.19 bits per heavy atom. The van der Waals surface area contributed by atoms with E-state index in [1.165, 1.54) is 19.8 Å². The minimum absolute atomic E-state index is 0.396. The van der Waals surface area contributed by atoms with Crippen LogP contribution in [0.1, 0.15) is 54.0 Å². The standard InChI is InChI=1S/C18H24BrNS/c1-4-11-20-18(17-12-16(19)13(3)21-17)15(5-2)14-9-7-6-8-10-14/h6-10,12,15,18,20H,4-5,11H2,1-3H3. The molecule has 0 amide bonds. The second kappa shape index (κ2) is 8.11. The molecule has 1 aromatic heterocycles. The lowest BCUT2D eigenvalue weighted by atomic mass is 9.88. The molecule has 0 aliphatic heterocycles. The minimum atomic E-state index is 0.396. The van der Waals surface area contributed by atoms with Gasteiger partial charge in [-0.1, -0.05) is 44.2 Å². The number of benzene rings is 1. The monoisotopic (exact) mass is 365 g/mol. The highest BCUT2D eigenvalue weighted by atomic mass is 79.9. The summed E-state index contributed by atoms with van der Waals surface area (Å²) in [5.74, 6) is 0.516. The first-order valence-corrected chi connectivity index (χ1v) is 9.32. The van der Waals surface area contributed by atoms with Gasteiger partial charge in [0, 0.05) is 26.2 Å². The molecule has 0 saturated heterocycles. The summed E-state index contributed by atoms with van der Waals surface area (Å²) in [4.78, 5) is 2.79. The Balaban J connectivity index is 2.33. The van der Waals surface area contributed by atoms with Gasteiger partial charge in [-0.3, -0.25) is 0 Å². The normalized spacial score (nSPS) is 14.1. The predicted octanol–water partition coefficient (Wildman–Crippen LogP) is 6.05. The van der Waals surface area contributed by atoms with Gasteiger partial charge in [0.05, 0.1) is 0 Å². The second-order valence-electron chi connectivity index (χ2n) is 5.41. The molecule has 0 aliphatic rings. The quantitative estimate of drug-likeness (QED) is 0.629. The number of aryl methyl sites for hydroxylation is 1. The molecule has 2 aromatic rings. The van der Waals surface area contributed by atoms with Crippen LogP contribution in [0.2, 0.25) is 0 Å². The molecule has 2 unspecified atom stereocenters. The summed E-state index contributed by atoms with van der Waals surface area (Å²) in [7, 11) is 0. The number of rotatable bonds is 7. The van der Waals surface area contributed by atoms with Crippen LogP contribution in [0.3, 0.4) is 0 Å². The van der Waals surface area contributed by atoms with Gasteiger partial charge in [0.1, 0.15) is 0 Å². The average molecular weight is 366 g/mol. The largest absolute Gasteiger partial charge is 0.309 e. The topological polar surface area (TPSA) is 12.0 Å². The van der Waals surface area contributed by atoms with Crippen molar-refractivity contribution < 1.29 is 0 Å². The number of hydrogen-bond acceptors (Lipinski definition) is 2. The Bertz CT molecular complexity index is 530. The molecule has 0 aliphatic carbocycles. The van der Waals surface area contributed by atoms with Crippen molar-refractivity contribution >= 4 is 27.3 Å². The molecule has 2 atom stereocenters. The predicted molar refractivity (Wildman–Crippen MR) is 97.3 cm³/mol. The molecular formula is C18H24BrNS. The molecule has 114 valence electrons. The molecule has 0 fully saturated rings. The fourth-order valence-electron chi connectivity index (χ4n) is 2.74. The van der Waals surface area contributed by atoms with Gasteiger partial charge in [-0.05, 0) is 53.9 Å². The highest BCUT2D eigenvalue weighted by Gasteiger charge is 2.24. The van der Waals surface area contributed by atoms with Gasteiger partial charge in [0.25, 0.3) is 0 Å². The lowest BCUT2D eigenvalue weighted by molar-refractivity contribution is 0.441. The van der Waals surface area contributed by atoms with Crippen molar-refractivity contribution in [2.45, 2.75) is 45.6 Å². The zero-order valence-corrected chi connectivity index (χ0v) is 15.4. The smallest absolute Gasteiger partial charge is 0.0484 e. The van der Waals surface area contributed by atoms with Crippen LogP contribution >= 0.6 is 27.3 Å². The van der Waals surface area contributed by atoms with E-state index in [0.717, 1.165) is 19.4 Å². The Kier molecular flexibility index (Phi) is 6.46. The van der Waals surface area contributed by atoms with E-state index in [9.17, 15) is 0 Å². The fraction of sp³-hybridized carbons (Fsp3) is 0.444. The van der Waals surface area contributed by atoms with Crippen molar-refractivity contribution in [3.05, 3.63) is 56.2 Å². The van der Waals surface area contributed by atoms with Crippen molar-refractivity contribution in [3.63, 3.8) is 0 Å². The van der Waals surface area contributed by atoms with Crippen molar-refractivity contribution in [1.82, 2.24) is 5.32 Å². The number of nitrogens with one attached hydrogen (secondary N) is 1. The third-order valence-electron chi connectivity index (χ3n) is 3.87. The van der Waals surface area contributed by atoms with Crippen LogP contribution in [0, 0.1) is 6.92 Å². The third kappa shape index (κ3) is 4.18. The van der Waals surface area contributed by atoms with Crippen molar-refractivity contribution in [2.24, 2.45) is 0 Å². The lowest BCUT2D eigenvalue weighted by Crippen LogP contribution is -2.27. The van der Waals surface area contributed by atoms with E-state index < -0.39 is 0 Å². The second-order valence-corrected chi connectivity index (χ2v) is 7.55. The summed E-state index contributed by atoms with van der Waals surface area (Å²) in [5, 5.41) is 3.77. The van der Waals surface area contributed by atoms with Crippen LogP contribution in [-0.4, -0.2) is 6.54 Å². The summed E-state index contributed by atoms with van der Waals surface area (Å²) in [5.41, 5.74) is 1.43. The van der Waals surface area contributed by atoms with Crippen LogP contribution in [0.4, 0.5) is 0 Å². The van der Waals surface area contributed by atoms with Crippen LogP contribution in [0.25, 0.3) is 0 Å². The maximum atomic E-state index is 3.77. The van der Waals surface area contributed by atoms with Gasteiger partial charge in [0.15, 0.2) is 0 Å². The fourth-order valence-corrected chi connectivity index (χ4v) is 4.44. The van der Waals surface area contributed by atoms with Crippen molar-refractivity contribution in [2.75, 3.05) is 6.54 Å². The SMILES string of the molecule is CCCNC(c1cc(Br)c(C)s1)C(CC)c1ccccc1.